The number of rotatable bonds is 3. The Kier molecular flexibility index (Phi) is 2.60. The highest BCUT2D eigenvalue weighted by atomic mass is 19.3. The van der Waals surface area contributed by atoms with E-state index in [1.165, 1.54) is 0 Å². The summed E-state index contributed by atoms with van der Waals surface area (Å²) in [6.45, 7) is 0.778. The first-order valence-electron chi connectivity index (χ1n) is 4.09. The molecule has 0 N–H and O–H groups in total. The molecule has 0 atom stereocenters. The van der Waals surface area contributed by atoms with Gasteiger partial charge in [-0.3, -0.25) is 4.79 Å². The minimum absolute atomic E-state index is 0.389. The molecule has 0 aromatic heterocycles. The summed E-state index contributed by atoms with van der Waals surface area (Å²) in [6, 6.07) is 0. The summed E-state index contributed by atoms with van der Waals surface area (Å²) in [5.74, 6) is -3.25. The highest BCUT2D eigenvalue weighted by Gasteiger charge is 2.27. The summed E-state index contributed by atoms with van der Waals surface area (Å²) in [6.07, 6.45) is 3.59. The molecule has 1 nitrogen and oxygen atoms in total. The molecule has 12 heavy (non-hydrogen) atoms. The van der Waals surface area contributed by atoms with Crippen molar-refractivity contribution < 1.29 is 13.6 Å². The number of hydrogen-bond donors (Lipinski definition) is 0. The molecule has 0 aromatic rings. The van der Waals surface area contributed by atoms with Crippen molar-refractivity contribution >= 4 is 5.78 Å². The van der Waals surface area contributed by atoms with Crippen molar-refractivity contribution in [2.75, 3.05) is 0 Å². The number of ketones is 1. The lowest BCUT2D eigenvalue weighted by Crippen LogP contribution is -2.17. The lowest BCUT2D eigenvalue weighted by molar-refractivity contribution is -0.121. The zero-order chi connectivity index (χ0) is 9.19. The van der Waals surface area contributed by atoms with Gasteiger partial charge < -0.3 is 0 Å². The van der Waals surface area contributed by atoms with Gasteiger partial charge in [-0.15, -0.1) is 0 Å². The molecule has 0 aromatic carbocycles. The molecule has 0 heterocycles. The van der Waals surface area contributed by atoms with Gasteiger partial charge in [0.1, 0.15) is 0 Å². The van der Waals surface area contributed by atoms with E-state index in [0.29, 0.717) is 12.0 Å². The monoisotopic (exact) mass is 174 g/mol. The van der Waals surface area contributed by atoms with Crippen LogP contribution in [-0.4, -0.2) is 11.7 Å². The fraction of sp³-hybridized carbons (Fsp3) is 0.667. The maximum absolute atomic E-state index is 12.4. The van der Waals surface area contributed by atoms with Gasteiger partial charge in [-0.25, -0.2) is 8.78 Å². The average molecular weight is 174 g/mol. The summed E-state index contributed by atoms with van der Waals surface area (Å²) >= 11 is 0. The van der Waals surface area contributed by atoms with E-state index in [4.69, 9.17) is 0 Å². The first-order valence-corrected chi connectivity index (χ1v) is 4.09. The minimum atomic E-state index is -2.86. The first kappa shape index (κ1) is 9.36. The standard InChI is InChI=1S/C9H12F2O/c1-9(10,11)6-8(12)7-4-2-3-5-7/h4H,2-3,5-6H2,1H3. The zero-order valence-corrected chi connectivity index (χ0v) is 7.07. The summed E-state index contributed by atoms with van der Waals surface area (Å²) in [5.41, 5.74) is 0.594. The third-order valence-electron chi connectivity index (χ3n) is 1.87. The van der Waals surface area contributed by atoms with Crippen molar-refractivity contribution in [2.24, 2.45) is 0 Å². The highest BCUT2D eigenvalue weighted by molar-refractivity contribution is 5.96. The Morgan fingerprint density at radius 2 is 2.33 bits per heavy atom. The second kappa shape index (κ2) is 3.33. The summed E-state index contributed by atoms with van der Waals surface area (Å²) in [4.78, 5) is 11.1. The second-order valence-corrected chi connectivity index (χ2v) is 3.29. The number of halogens is 2. The molecule has 1 aliphatic carbocycles. The summed E-state index contributed by atoms with van der Waals surface area (Å²) in [7, 11) is 0. The van der Waals surface area contributed by atoms with Crippen molar-refractivity contribution in [3.63, 3.8) is 0 Å². The van der Waals surface area contributed by atoms with Crippen LogP contribution in [-0.2, 0) is 4.79 Å². The fourth-order valence-electron chi connectivity index (χ4n) is 1.32. The van der Waals surface area contributed by atoms with Gasteiger partial charge in [0.05, 0.1) is 6.42 Å². The fourth-order valence-corrected chi connectivity index (χ4v) is 1.32. The average Bonchev–Trinajstić information content (AvgIpc) is 2.32. The van der Waals surface area contributed by atoms with Gasteiger partial charge in [0.15, 0.2) is 5.78 Å². The molecule has 0 fully saturated rings. The Hall–Kier alpha value is -0.730. The van der Waals surface area contributed by atoms with Crippen LogP contribution >= 0.6 is 0 Å². The molecule has 0 spiro atoms. The van der Waals surface area contributed by atoms with Crippen LogP contribution in [0.15, 0.2) is 11.6 Å². The van der Waals surface area contributed by atoms with Crippen LogP contribution in [0.25, 0.3) is 0 Å². The second-order valence-electron chi connectivity index (χ2n) is 3.29. The molecule has 0 unspecified atom stereocenters. The molecule has 0 radical (unpaired) electrons. The van der Waals surface area contributed by atoms with E-state index in [9.17, 15) is 13.6 Å². The lowest BCUT2D eigenvalue weighted by Gasteiger charge is -2.08. The molecule has 0 saturated carbocycles. The van der Waals surface area contributed by atoms with Crippen LogP contribution in [0.5, 0.6) is 0 Å². The number of carbonyl (C=O) groups is 1. The van der Waals surface area contributed by atoms with Gasteiger partial charge in [0, 0.05) is 0 Å². The third-order valence-corrected chi connectivity index (χ3v) is 1.87. The van der Waals surface area contributed by atoms with E-state index < -0.39 is 12.3 Å². The van der Waals surface area contributed by atoms with E-state index in [0.717, 1.165) is 19.8 Å². The van der Waals surface area contributed by atoms with Crippen molar-refractivity contribution in [1.29, 1.82) is 0 Å². The molecule has 0 aliphatic heterocycles. The largest absolute Gasteiger partial charge is 0.294 e. The van der Waals surface area contributed by atoms with Crippen LogP contribution in [0.2, 0.25) is 0 Å². The van der Waals surface area contributed by atoms with E-state index in [-0.39, 0.29) is 5.78 Å². The van der Waals surface area contributed by atoms with Crippen LogP contribution in [0.1, 0.15) is 32.6 Å². The Balaban J connectivity index is 2.49. The Labute approximate surface area is 70.5 Å². The van der Waals surface area contributed by atoms with Crippen LogP contribution in [0.4, 0.5) is 8.78 Å². The quantitative estimate of drug-likeness (QED) is 0.642. The topological polar surface area (TPSA) is 17.1 Å². The normalized spacial score (nSPS) is 17.8. The van der Waals surface area contributed by atoms with E-state index in [1.54, 1.807) is 6.08 Å². The minimum Gasteiger partial charge on any atom is -0.294 e. The van der Waals surface area contributed by atoms with Crippen LogP contribution in [0, 0.1) is 0 Å². The summed E-state index contributed by atoms with van der Waals surface area (Å²) < 4.78 is 24.8. The molecule has 0 saturated heterocycles. The molecule has 0 bridgehead atoms. The number of hydrogen-bond acceptors (Lipinski definition) is 1. The number of Topliss-reactive ketones (excluding diaryl/α,β-unsaturated/α-hetero) is 1. The van der Waals surface area contributed by atoms with Crippen molar-refractivity contribution in [1.82, 2.24) is 0 Å². The van der Waals surface area contributed by atoms with E-state index in [1.807, 2.05) is 0 Å². The molecular weight excluding hydrogens is 162 g/mol. The Bertz CT molecular complexity index is 213. The Morgan fingerprint density at radius 1 is 1.67 bits per heavy atom. The highest BCUT2D eigenvalue weighted by Crippen LogP contribution is 2.24. The van der Waals surface area contributed by atoms with Crippen molar-refractivity contribution in [3.05, 3.63) is 11.6 Å². The van der Waals surface area contributed by atoms with Gasteiger partial charge in [0.25, 0.3) is 5.92 Å². The van der Waals surface area contributed by atoms with E-state index >= 15 is 0 Å². The molecule has 68 valence electrons. The SMILES string of the molecule is CC(F)(F)CC(=O)C1=CCCC1. The van der Waals surface area contributed by atoms with Gasteiger partial charge in [0.2, 0.25) is 0 Å². The Morgan fingerprint density at radius 3 is 2.75 bits per heavy atom. The molecule has 1 rings (SSSR count). The third kappa shape index (κ3) is 2.72. The van der Waals surface area contributed by atoms with Crippen LogP contribution in [0.3, 0.4) is 0 Å². The number of carbonyl (C=O) groups excluding carboxylic acids is 1. The molecule has 3 heteroatoms. The predicted molar refractivity (Wildman–Crippen MR) is 42.2 cm³/mol. The lowest BCUT2D eigenvalue weighted by atomic mass is 10.1. The van der Waals surface area contributed by atoms with Gasteiger partial charge in [-0.1, -0.05) is 6.08 Å². The van der Waals surface area contributed by atoms with Crippen molar-refractivity contribution in [3.8, 4) is 0 Å². The van der Waals surface area contributed by atoms with Crippen molar-refractivity contribution in [2.45, 2.75) is 38.5 Å². The number of allylic oxidation sites excluding steroid dienone is 2. The van der Waals surface area contributed by atoms with Gasteiger partial charge in [-0.05, 0) is 31.8 Å². The summed E-state index contributed by atoms with van der Waals surface area (Å²) in [5, 5.41) is 0. The predicted octanol–water partition coefficient (Wildman–Crippen LogP) is 2.71. The van der Waals surface area contributed by atoms with Crippen LogP contribution < -0.4 is 0 Å². The smallest absolute Gasteiger partial charge is 0.252 e. The van der Waals surface area contributed by atoms with Gasteiger partial charge >= 0.3 is 0 Å². The molecular formula is C9H12F2O. The maximum atomic E-state index is 12.4. The number of alkyl halides is 2. The van der Waals surface area contributed by atoms with Gasteiger partial charge in [-0.2, -0.15) is 0 Å². The molecule has 0 amide bonds. The zero-order valence-electron chi connectivity index (χ0n) is 7.07. The first-order chi connectivity index (χ1) is 5.49. The maximum Gasteiger partial charge on any atom is 0.252 e. The van der Waals surface area contributed by atoms with E-state index in [2.05, 4.69) is 0 Å². The molecule has 1 aliphatic rings.